The van der Waals surface area contributed by atoms with Crippen molar-refractivity contribution in [3.05, 3.63) is 78.1 Å². The maximum atomic E-state index is 13.4. The van der Waals surface area contributed by atoms with E-state index in [2.05, 4.69) is 0 Å². The van der Waals surface area contributed by atoms with Crippen LogP contribution in [0.3, 0.4) is 0 Å². The maximum absolute atomic E-state index is 13.4. The number of carbonyl (C=O) groups excluding carboxylic acids is 1. The number of carboxylic acid groups (broad SMARTS) is 1. The minimum atomic E-state index is -0.985. The molecule has 3 aromatic rings. The summed E-state index contributed by atoms with van der Waals surface area (Å²) >= 11 is 0. The molecule has 0 aliphatic carbocycles. The molecule has 1 aromatic heterocycles. The minimum Gasteiger partial charge on any atom is -0.491 e. The Morgan fingerprint density at radius 1 is 1.03 bits per heavy atom. The van der Waals surface area contributed by atoms with Crippen molar-refractivity contribution in [3.8, 4) is 17.1 Å². The largest absolute Gasteiger partial charge is 0.491 e. The number of ether oxygens (including phenoxy) is 2. The van der Waals surface area contributed by atoms with Crippen LogP contribution in [-0.2, 0) is 16.1 Å². The monoisotopic (exact) mass is 452 g/mol. The molecule has 0 saturated heterocycles. The van der Waals surface area contributed by atoms with Gasteiger partial charge in [0.2, 0.25) is 0 Å². The molecule has 33 heavy (non-hydrogen) atoms. The van der Waals surface area contributed by atoms with Crippen molar-refractivity contribution in [1.82, 2.24) is 4.90 Å². The molecule has 0 bridgehead atoms. The van der Waals surface area contributed by atoms with E-state index in [0.717, 1.165) is 11.3 Å². The van der Waals surface area contributed by atoms with Crippen LogP contribution >= 0.6 is 0 Å². The molecule has 1 amide bonds. The first-order valence-electron chi connectivity index (χ1n) is 11.4. The summed E-state index contributed by atoms with van der Waals surface area (Å²) in [6.45, 7) is 3.29. The molecule has 7 nitrogen and oxygen atoms in total. The number of hydrogen-bond acceptors (Lipinski definition) is 5. The zero-order valence-electron chi connectivity index (χ0n) is 19.8. The van der Waals surface area contributed by atoms with E-state index in [1.54, 1.807) is 48.7 Å². The molecule has 1 atom stereocenters. The second-order valence-corrected chi connectivity index (χ2v) is 7.63. The molecular formula is C26H29NO6. The Morgan fingerprint density at radius 2 is 1.79 bits per heavy atom. The van der Waals surface area contributed by atoms with Crippen LogP contribution in [0.1, 0.15) is 37.6 Å². The number of carbonyl (C=O) groups is 2. The average Bonchev–Trinajstić information content (AvgIpc) is 3.36. The molecule has 0 saturated carbocycles. The number of carboxylic acids is 1. The lowest BCUT2D eigenvalue weighted by Crippen LogP contribution is -2.36. The van der Waals surface area contributed by atoms with Gasteiger partial charge in [-0.1, -0.05) is 30.3 Å². The SMILES string of the molecule is [2H]C(c1ccccc1OCCOCCC(=O)O)N(C(=O)c1ccc(-c2ccco2)cc1)C(C)C. The first kappa shape index (κ1) is 22.6. The topological polar surface area (TPSA) is 89.2 Å². The van der Waals surface area contributed by atoms with E-state index in [0.29, 0.717) is 16.9 Å². The summed E-state index contributed by atoms with van der Waals surface area (Å²) in [6, 6.07) is 17.7. The van der Waals surface area contributed by atoms with Gasteiger partial charge in [-0.25, -0.2) is 0 Å². The third-order valence-electron chi connectivity index (χ3n) is 4.87. The Kier molecular flexibility index (Phi) is 8.14. The van der Waals surface area contributed by atoms with E-state index >= 15 is 0 Å². The molecule has 0 aliphatic rings. The Morgan fingerprint density at radius 3 is 2.45 bits per heavy atom. The van der Waals surface area contributed by atoms with Gasteiger partial charge in [0.05, 0.1) is 27.3 Å². The number of para-hydroxylation sites is 1. The predicted molar refractivity (Wildman–Crippen MR) is 124 cm³/mol. The van der Waals surface area contributed by atoms with Crippen molar-refractivity contribution in [2.75, 3.05) is 19.8 Å². The van der Waals surface area contributed by atoms with Crippen molar-refractivity contribution >= 4 is 11.9 Å². The molecule has 0 spiro atoms. The number of nitrogens with zero attached hydrogens (tertiary/aromatic N) is 1. The average molecular weight is 453 g/mol. The Bertz CT molecular complexity index is 1070. The zero-order chi connectivity index (χ0) is 24.5. The highest BCUT2D eigenvalue weighted by molar-refractivity contribution is 5.94. The molecule has 1 unspecified atom stereocenters. The maximum Gasteiger partial charge on any atom is 0.305 e. The Hall–Kier alpha value is -3.58. The third kappa shape index (κ3) is 6.95. The van der Waals surface area contributed by atoms with Crippen LogP contribution in [0.15, 0.2) is 71.3 Å². The predicted octanol–water partition coefficient (Wildman–Crippen LogP) is 4.87. The quantitative estimate of drug-likeness (QED) is 0.395. The van der Waals surface area contributed by atoms with E-state index in [1.807, 2.05) is 32.0 Å². The molecule has 2 aromatic carbocycles. The van der Waals surface area contributed by atoms with Gasteiger partial charge in [-0.15, -0.1) is 0 Å². The fourth-order valence-corrected chi connectivity index (χ4v) is 3.15. The van der Waals surface area contributed by atoms with E-state index in [9.17, 15) is 9.59 Å². The molecule has 174 valence electrons. The van der Waals surface area contributed by atoms with Crippen LogP contribution in [0.5, 0.6) is 5.75 Å². The molecule has 3 rings (SSSR count). The highest BCUT2D eigenvalue weighted by Gasteiger charge is 2.21. The number of hydrogen-bond donors (Lipinski definition) is 1. The van der Waals surface area contributed by atoms with Gasteiger partial charge >= 0.3 is 5.97 Å². The Balaban J connectivity index is 1.71. The number of furan rings is 1. The lowest BCUT2D eigenvalue weighted by atomic mass is 10.1. The summed E-state index contributed by atoms with van der Waals surface area (Å²) in [5.41, 5.74) is 1.90. The van der Waals surface area contributed by atoms with E-state index < -0.39 is 12.5 Å². The standard InChI is InChI=1S/C26H29NO6/c1-19(2)27(26(30)21-11-9-20(10-12-21)23-8-5-14-32-23)18-22-6-3-4-7-24(22)33-17-16-31-15-13-25(28)29/h3-12,14,19H,13,15-18H2,1-2H3,(H,28,29)/i18D. The van der Waals surface area contributed by atoms with Crippen molar-refractivity contribution in [1.29, 1.82) is 0 Å². The van der Waals surface area contributed by atoms with Crippen LogP contribution in [0.25, 0.3) is 11.3 Å². The van der Waals surface area contributed by atoms with E-state index in [4.69, 9.17) is 20.4 Å². The zero-order valence-corrected chi connectivity index (χ0v) is 18.8. The van der Waals surface area contributed by atoms with Crippen LogP contribution < -0.4 is 4.74 Å². The first-order chi connectivity index (χ1) is 16.4. The van der Waals surface area contributed by atoms with Gasteiger partial charge in [0.1, 0.15) is 18.1 Å². The molecule has 1 heterocycles. The van der Waals surface area contributed by atoms with Gasteiger partial charge in [0, 0.05) is 29.3 Å². The van der Waals surface area contributed by atoms with Crippen LogP contribution in [-0.4, -0.2) is 47.7 Å². The van der Waals surface area contributed by atoms with Gasteiger partial charge in [0.15, 0.2) is 0 Å². The van der Waals surface area contributed by atoms with E-state index in [1.165, 1.54) is 4.90 Å². The lowest BCUT2D eigenvalue weighted by molar-refractivity contribution is -0.138. The minimum absolute atomic E-state index is 0.0701. The molecule has 7 heteroatoms. The molecular weight excluding hydrogens is 422 g/mol. The van der Waals surface area contributed by atoms with Crippen LogP contribution in [0.4, 0.5) is 0 Å². The summed E-state index contributed by atoms with van der Waals surface area (Å²) in [7, 11) is 0. The summed E-state index contributed by atoms with van der Waals surface area (Å²) in [4.78, 5) is 25.4. The van der Waals surface area contributed by atoms with Crippen molar-refractivity contribution in [3.63, 3.8) is 0 Å². The second kappa shape index (κ2) is 11.9. The highest BCUT2D eigenvalue weighted by atomic mass is 16.5. The fraction of sp³-hybridized carbons (Fsp3) is 0.308. The molecule has 0 radical (unpaired) electrons. The van der Waals surface area contributed by atoms with Crippen molar-refractivity contribution in [2.45, 2.75) is 32.8 Å². The normalized spacial score (nSPS) is 12.3. The lowest BCUT2D eigenvalue weighted by Gasteiger charge is -2.28. The summed E-state index contributed by atoms with van der Waals surface area (Å²) in [6.07, 6.45) is 1.53. The summed E-state index contributed by atoms with van der Waals surface area (Å²) in [5.74, 6) is 0.0252. The van der Waals surface area contributed by atoms with E-state index in [-0.39, 0.29) is 38.2 Å². The first-order valence-corrected chi connectivity index (χ1v) is 10.8. The fourth-order valence-electron chi connectivity index (χ4n) is 3.15. The van der Waals surface area contributed by atoms with Gasteiger partial charge in [-0.3, -0.25) is 9.59 Å². The van der Waals surface area contributed by atoms with Crippen LogP contribution in [0.2, 0.25) is 0 Å². The van der Waals surface area contributed by atoms with Gasteiger partial charge < -0.3 is 23.9 Å². The second-order valence-electron chi connectivity index (χ2n) is 7.63. The summed E-state index contributed by atoms with van der Waals surface area (Å²) < 4.78 is 25.3. The van der Waals surface area contributed by atoms with Crippen LogP contribution in [0, 0.1) is 0 Å². The van der Waals surface area contributed by atoms with Gasteiger partial charge in [-0.2, -0.15) is 0 Å². The molecule has 1 N–H and O–H groups in total. The molecule has 0 fully saturated rings. The highest BCUT2D eigenvalue weighted by Crippen LogP contribution is 2.24. The number of amides is 1. The smallest absolute Gasteiger partial charge is 0.305 e. The van der Waals surface area contributed by atoms with Gasteiger partial charge in [0.25, 0.3) is 5.91 Å². The summed E-state index contributed by atoms with van der Waals surface area (Å²) in [5, 5.41) is 8.66. The number of rotatable bonds is 12. The van der Waals surface area contributed by atoms with Gasteiger partial charge in [-0.05, 0) is 44.2 Å². The van der Waals surface area contributed by atoms with Crippen molar-refractivity contribution < 1.29 is 30.0 Å². The Labute approximate surface area is 194 Å². The molecule has 0 aliphatic heterocycles. The van der Waals surface area contributed by atoms with Crippen molar-refractivity contribution in [2.24, 2.45) is 0 Å². The number of benzene rings is 2. The number of aliphatic carboxylic acids is 1. The third-order valence-corrected chi connectivity index (χ3v) is 4.87.